The molecule has 0 aliphatic carbocycles. The van der Waals surface area contributed by atoms with Gasteiger partial charge < -0.3 is 14.8 Å². The minimum atomic E-state index is -0.152. The largest absolute Gasteiger partial charge is 0.491 e. The Kier molecular flexibility index (Phi) is 6.24. The van der Waals surface area contributed by atoms with Gasteiger partial charge in [0.1, 0.15) is 18.1 Å². The molecule has 2 aromatic rings. The molecule has 128 valence electrons. The normalized spacial score (nSPS) is 10.3. The standard InChI is InChI=1S/C20H25NO3/c1-14-5-7-16(3)18(11-14)23-10-9-21-20(22)13-24-19-12-15(2)6-8-17(19)4/h5-8,11-12H,9-10,13H2,1-4H3,(H,21,22). The molecule has 0 saturated heterocycles. The molecule has 24 heavy (non-hydrogen) atoms. The molecule has 0 atom stereocenters. The summed E-state index contributed by atoms with van der Waals surface area (Å²) < 4.78 is 11.3. The third-order valence-electron chi connectivity index (χ3n) is 3.73. The van der Waals surface area contributed by atoms with Crippen molar-refractivity contribution >= 4 is 5.91 Å². The predicted molar refractivity (Wildman–Crippen MR) is 95.8 cm³/mol. The van der Waals surface area contributed by atoms with Crippen LogP contribution in [0.4, 0.5) is 0 Å². The van der Waals surface area contributed by atoms with Crippen LogP contribution in [-0.2, 0) is 4.79 Å². The number of hydrogen-bond donors (Lipinski definition) is 1. The molecule has 0 aliphatic rings. The number of ether oxygens (including phenoxy) is 2. The van der Waals surface area contributed by atoms with Crippen molar-refractivity contribution in [2.24, 2.45) is 0 Å². The number of hydrogen-bond acceptors (Lipinski definition) is 3. The van der Waals surface area contributed by atoms with Crippen LogP contribution < -0.4 is 14.8 Å². The first-order valence-corrected chi connectivity index (χ1v) is 8.12. The number of carbonyl (C=O) groups is 1. The van der Waals surface area contributed by atoms with Crippen LogP contribution in [0.1, 0.15) is 22.3 Å². The van der Waals surface area contributed by atoms with Gasteiger partial charge in [0.25, 0.3) is 5.91 Å². The van der Waals surface area contributed by atoms with Crippen LogP contribution in [0.3, 0.4) is 0 Å². The second-order valence-electron chi connectivity index (χ2n) is 6.02. The van der Waals surface area contributed by atoms with E-state index in [4.69, 9.17) is 9.47 Å². The first kappa shape index (κ1) is 17.9. The van der Waals surface area contributed by atoms with E-state index in [1.165, 1.54) is 0 Å². The molecule has 4 nitrogen and oxygen atoms in total. The fourth-order valence-electron chi connectivity index (χ4n) is 2.27. The van der Waals surface area contributed by atoms with Gasteiger partial charge in [-0.2, -0.15) is 0 Å². The fourth-order valence-corrected chi connectivity index (χ4v) is 2.27. The van der Waals surface area contributed by atoms with Crippen LogP contribution in [0, 0.1) is 27.7 Å². The highest BCUT2D eigenvalue weighted by atomic mass is 16.5. The topological polar surface area (TPSA) is 47.6 Å². The average molecular weight is 327 g/mol. The zero-order valence-corrected chi connectivity index (χ0v) is 14.8. The summed E-state index contributed by atoms with van der Waals surface area (Å²) in [6.45, 7) is 8.88. The van der Waals surface area contributed by atoms with Crippen LogP contribution >= 0.6 is 0 Å². The van der Waals surface area contributed by atoms with Crippen molar-refractivity contribution in [1.29, 1.82) is 0 Å². The van der Waals surface area contributed by atoms with Crippen LogP contribution in [-0.4, -0.2) is 25.7 Å². The first-order chi connectivity index (χ1) is 11.5. The Labute approximate surface area is 143 Å². The van der Waals surface area contributed by atoms with E-state index in [2.05, 4.69) is 11.4 Å². The highest BCUT2D eigenvalue weighted by Gasteiger charge is 2.05. The van der Waals surface area contributed by atoms with Gasteiger partial charge in [0.15, 0.2) is 6.61 Å². The molecular weight excluding hydrogens is 302 g/mol. The van der Waals surface area contributed by atoms with E-state index in [1.54, 1.807) is 0 Å². The van der Waals surface area contributed by atoms with E-state index >= 15 is 0 Å². The van der Waals surface area contributed by atoms with Crippen molar-refractivity contribution in [3.63, 3.8) is 0 Å². The Morgan fingerprint density at radius 1 is 0.875 bits per heavy atom. The van der Waals surface area contributed by atoms with E-state index < -0.39 is 0 Å². The maximum atomic E-state index is 11.9. The van der Waals surface area contributed by atoms with E-state index in [0.717, 1.165) is 33.8 Å². The van der Waals surface area contributed by atoms with E-state index in [0.29, 0.717) is 13.2 Å². The summed E-state index contributed by atoms with van der Waals surface area (Å²) in [7, 11) is 0. The highest BCUT2D eigenvalue weighted by Crippen LogP contribution is 2.19. The van der Waals surface area contributed by atoms with Gasteiger partial charge in [-0.05, 0) is 62.1 Å². The Morgan fingerprint density at radius 2 is 1.42 bits per heavy atom. The van der Waals surface area contributed by atoms with Crippen molar-refractivity contribution < 1.29 is 14.3 Å². The summed E-state index contributed by atoms with van der Waals surface area (Å²) >= 11 is 0. The molecule has 1 N–H and O–H groups in total. The lowest BCUT2D eigenvalue weighted by Crippen LogP contribution is -2.32. The Hall–Kier alpha value is -2.49. The van der Waals surface area contributed by atoms with Gasteiger partial charge in [0.05, 0.1) is 6.54 Å². The summed E-state index contributed by atoms with van der Waals surface area (Å²) in [6, 6.07) is 12.0. The number of carbonyl (C=O) groups excluding carboxylic acids is 1. The third kappa shape index (κ3) is 5.30. The van der Waals surface area contributed by atoms with E-state index in [9.17, 15) is 4.79 Å². The number of amides is 1. The summed E-state index contributed by atoms with van der Waals surface area (Å²) in [4.78, 5) is 11.9. The zero-order chi connectivity index (χ0) is 17.5. The molecule has 0 fully saturated rings. The van der Waals surface area contributed by atoms with Crippen LogP contribution in [0.25, 0.3) is 0 Å². The van der Waals surface area contributed by atoms with Crippen molar-refractivity contribution in [2.75, 3.05) is 19.8 Å². The van der Waals surface area contributed by atoms with Gasteiger partial charge in [-0.1, -0.05) is 24.3 Å². The monoisotopic (exact) mass is 327 g/mol. The molecule has 4 heteroatoms. The zero-order valence-electron chi connectivity index (χ0n) is 14.8. The molecule has 0 heterocycles. The molecule has 0 spiro atoms. The van der Waals surface area contributed by atoms with Gasteiger partial charge in [0.2, 0.25) is 0 Å². The first-order valence-electron chi connectivity index (χ1n) is 8.12. The second-order valence-corrected chi connectivity index (χ2v) is 6.02. The van der Waals surface area contributed by atoms with Crippen LogP contribution in [0.2, 0.25) is 0 Å². The molecule has 0 unspecified atom stereocenters. The predicted octanol–water partition coefficient (Wildman–Crippen LogP) is 3.49. The van der Waals surface area contributed by atoms with Gasteiger partial charge in [0, 0.05) is 0 Å². The molecule has 0 aliphatic heterocycles. The minimum absolute atomic E-state index is 0.00770. The lowest BCUT2D eigenvalue weighted by atomic mass is 10.1. The molecule has 0 saturated carbocycles. The van der Waals surface area contributed by atoms with Crippen molar-refractivity contribution in [3.8, 4) is 11.5 Å². The summed E-state index contributed by atoms with van der Waals surface area (Å²) in [5.41, 5.74) is 4.37. The lowest BCUT2D eigenvalue weighted by Gasteiger charge is -2.12. The number of aryl methyl sites for hydroxylation is 4. The molecule has 2 aromatic carbocycles. The van der Waals surface area contributed by atoms with Crippen molar-refractivity contribution in [1.82, 2.24) is 5.32 Å². The fraction of sp³-hybridized carbons (Fsp3) is 0.350. The summed E-state index contributed by atoms with van der Waals surface area (Å²) in [5, 5.41) is 2.80. The molecule has 0 bridgehead atoms. The Morgan fingerprint density at radius 3 is 2.00 bits per heavy atom. The maximum absolute atomic E-state index is 11.9. The maximum Gasteiger partial charge on any atom is 0.258 e. The third-order valence-corrected chi connectivity index (χ3v) is 3.73. The van der Waals surface area contributed by atoms with Gasteiger partial charge in [-0.15, -0.1) is 0 Å². The lowest BCUT2D eigenvalue weighted by molar-refractivity contribution is -0.123. The quantitative estimate of drug-likeness (QED) is 0.792. The number of benzene rings is 2. The molecular formula is C20H25NO3. The number of rotatable bonds is 7. The van der Waals surface area contributed by atoms with Crippen LogP contribution in [0.5, 0.6) is 11.5 Å². The van der Waals surface area contributed by atoms with Gasteiger partial charge in [-0.25, -0.2) is 0 Å². The molecule has 0 aromatic heterocycles. The SMILES string of the molecule is Cc1ccc(C)c(OCCNC(=O)COc2cc(C)ccc2C)c1. The smallest absolute Gasteiger partial charge is 0.258 e. The average Bonchev–Trinajstić information content (AvgIpc) is 2.55. The van der Waals surface area contributed by atoms with Crippen molar-refractivity contribution in [2.45, 2.75) is 27.7 Å². The van der Waals surface area contributed by atoms with Gasteiger partial charge >= 0.3 is 0 Å². The Bertz CT molecular complexity index is 710. The van der Waals surface area contributed by atoms with E-state index in [1.807, 2.05) is 58.0 Å². The van der Waals surface area contributed by atoms with E-state index in [-0.39, 0.29) is 12.5 Å². The summed E-state index contributed by atoms with van der Waals surface area (Å²) in [6.07, 6.45) is 0. The Balaban J connectivity index is 1.72. The summed E-state index contributed by atoms with van der Waals surface area (Å²) in [5.74, 6) is 1.45. The second kappa shape index (κ2) is 8.39. The minimum Gasteiger partial charge on any atom is -0.491 e. The number of nitrogens with one attached hydrogen (secondary N) is 1. The highest BCUT2D eigenvalue weighted by molar-refractivity contribution is 5.77. The van der Waals surface area contributed by atoms with Crippen molar-refractivity contribution in [3.05, 3.63) is 58.7 Å². The van der Waals surface area contributed by atoms with Gasteiger partial charge in [-0.3, -0.25) is 4.79 Å². The molecule has 0 radical (unpaired) electrons. The molecule has 1 amide bonds. The molecule has 2 rings (SSSR count). The van der Waals surface area contributed by atoms with Crippen LogP contribution in [0.15, 0.2) is 36.4 Å².